The summed E-state index contributed by atoms with van der Waals surface area (Å²) < 4.78 is 13.6. The maximum atomic E-state index is 6.17. The van der Waals surface area contributed by atoms with Crippen LogP contribution in [0, 0.1) is 0 Å². The molecule has 1 fully saturated rings. The van der Waals surface area contributed by atoms with Crippen LogP contribution in [-0.4, -0.2) is 37.7 Å². The van der Waals surface area contributed by atoms with Gasteiger partial charge >= 0.3 is 0 Å². The Bertz CT molecular complexity index is 1180. The average molecular weight is 459 g/mol. The molecule has 1 atom stereocenters. The van der Waals surface area contributed by atoms with Gasteiger partial charge < -0.3 is 14.8 Å². The third-order valence-electron chi connectivity index (χ3n) is 6.14. The van der Waals surface area contributed by atoms with E-state index in [1.165, 1.54) is 21.2 Å². The Hall–Kier alpha value is -2.86. The van der Waals surface area contributed by atoms with Crippen LogP contribution in [0.15, 0.2) is 78.2 Å². The number of thiophene rings is 1. The fourth-order valence-electron chi connectivity index (χ4n) is 4.56. The van der Waals surface area contributed by atoms with E-state index in [4.69, 9.17) is 9.47 Å². The van der Waals surface area contributed by atoms with Gasteiger partial charge in [0.1, 0.15) is 6.61 Å². The third-order valence-corrected chi connectivity index (χ3v) is 7.12. The molecule has 4 nitrogen and oxygen atoms in total. The van der Waals surface area contributed by atoms with Crippen molar-refractivity contribution < 1.29 is 9.47 Å². The number of nitrogens with zero attached hydrogens (tertiary/aromatic N) is 1. The summed E-state index contributed by atoms with van der Waals surface area (Å²) >= 11 is 1.83. The first-order valence-corrected chi connectivity index (χ1v) is 12.6. The molecule has 0 radical (unpaired) electrons. The van der Waals surface area contributed by atoms with E-state index in [1.54, 1.807) is 0 Å². The second kappa shape index (κ2) is 10.4. The molecule has 170 valence electrons. The number of fused-ring (bicyclic) bond motifs is 1. The predicted molar refractivity (Wildman–Crippen MR) is 136 cm³/mol. The quantitative estimate of drug-likeness (QED) is 0.358. The highest BCUT2D eigenvalue weighted by Crippen LogP contribution is 2.40. The molecule has 5 heteroatoms. The van der Waals surface area contributed by atoms with Crippen LogP contribution in [0.4, 0.5) is 0 Å². The smallest absolute Gasteiger partial charge is 0.161 e. The van der Waals surface area contributed by atoms with Gasteiger partial charge in [-0.05, 0) is 52.6 Å². The van der Waals surface area contributed by atoms with E-state index >= 15 is 0 Å². The zero-order valence-corrected chi connectivity index (χ0v) is 19.8. The summed E-state index contributed by atoms with van der Waals surface area (Å²) in [4.78, 5) is 2.58. The lowest BCUT2D eigenvalue weighted by Gasteiger charge is -2.35. The molecule has 0 amide bonds. The molecule has 1 aliphatic rings. The molecule has 1 N–H and O–H groups in total. The molecule has 3 aromatic carbocycles. The van der Waals surface area contributed by atoms with E-state index in [0.29, 0.717) is 13.2 Å². The van der Waals surface area contributed by atoms with Crippen LogP contribution >= 0.6 is 11.3 Å². The minimum atomic E-state index is 0.186. The number of piperazine rings is 1. The highest BCUT2D eigenvalue weighted by molar-refractivity contribution is 7.17. The van der Waals surface area contributed by atoms with Crippen LogP contribution in [0.1, 0.15) is 29.7 Å². The lowest BCUT2D eigenvalue weighted by molar-refractivity contribution is 0.199. The monoisotopic (exact) mass is 458 g/mol. The molecule has 0 aliphatic carbocycles. The van der Waals surface area contributed by atoms with Crippen LogP contribution in [0.25, 0.3) is 10.1 Å². The van der Waals surface area contributed by atoms with Crippen molar-refractivity contribution in [3.8, 4) is 11.5 Å². The highest BCUT2D eigenvalue weighted by Gasteiger charge is 2.27. The highest BCUT2D eigenvalue weighted by atomic mass is 32.1. The van der Waals surface area contributed by atoms with Gasteiger partial charge in [-0.2, -0.15) is 0 Å². The Kier molecular flexibility index (Phi) is 6.91. The molecule has 1 aromatic heterocycles. The number of ether oxygens (including phenoxy) is 2. The van der Waals surface area contributed by atoms with Gasteiger partial charge in [-0.15, -0.1) is 11.3 Å². The van der Waals surface area contributed by atoms with Crippen molar-refractivity contribution in [2.24, 2.45) is 0 Å². The van der Waals surface area contributed by atoms with Crippen molar-refractivity contribution in [3.63, 3.8) is 0 Å². The van der Waals surface area contributed by atoms with Crippen LogP contribution in [0.3, 0.4) is 0 Å². The van der Waals surface area contributed by atoms with Gasteiger partial charge in [0.2, 0.25) is 0 Å². The first-order valence-electron chi connectivity index (χ1n) is 11.7. The van der Waals surface area contributed by atoms with Gasteiger partial charge in [-0.3, -0.25) is 4.90 Å². The molecule has 33 heavy (non-hydrogen) atoms. The zero-order chi connectivity index (χ0) is 22.5. The SMILES string of the molecule is CCOc1cc(C(c2csc3ccccc23)N2CCNCC2)ccc1OCc1ccccc1. The summed E-state index contributed by atoms with van der Waals surface area (Å²) in [5, 5.41) is 7.16. The first-order chi connectivity index (χ1) is 16.3. The summed E-state index contributed by atoms with van der Waals surface area (Å²) in [5.74, 6) is 1.60. The van der Waals surface area contributed by atoms with E-state index < -0.39 is 0 Å². The minimum absolute atomic E-state index is 0.186. The van der Waals surface area contributed by atoms with E-state index in [9.17, 15) is 0 Å². The molecule has 1 unspecified atom stereocenters. The Morgan fingerprint density at radius 2 is 1.70 bits per heavy atom. The van der Waals surface area contributed by atoms with Crippen molar-refractivity contribution in [1.82, 2.24) is 10.2 Å². The van der Waals surface area contributed by atoms with Gasteiger partial charge in [0.15, 0.2) is 11.5 Å². The van der Waals surface area contributed by atoms with Crippen molar-refractivity contribution in [2.45, 2.75) is 19.6 Å². The molecule has 0 saturated carbocycles. The van der Waals surface area contributed by atoms with Crippen molar-refractivity contribution in [2.75, 3.05) is 32.8 Å². The molecule has 4 aromatic rings. The fourth-order valence-corrected chi connectivity index (χ4v) is 5.53. The van der Waals surface area contributed by atoms with E-state index in [2.05, 4.69) is 70.2 Å². The van der Waals surface area contributed by atoms with E-state index in [-0.39, 0.29) is 6.04 Å². The number of hydrogen-bond acceptors (Lipinski definition) is 5. The van der Waals surface area contributed by atoms with Gasteiger partial charge in [-0.25, -0.2) is 0 Å². The zero-order valence-electron chi connectivity index (χ0n) is 19.0. The van der Waals surface area contributed by atoms with Gasteiger partial charge in [0.25, 0.3) is 0 Å². The molecule has 2 heterocycles. The lowest BCUT2D eigenvalue weighted by atomic mass is 9.95. The number of hydrogen-bond donors (Lipinski definition) is 1. The maximum Gasteiger partial charge on any atom is 0.161 e. The minimum Gasteiger partial charge on any atom is -0.490 e. The predicted octanol–water partition coefficient (Wildman–Crippen LogP) is 5.87. The van der Waals surface area contributed by atoms with Gasteiger partial charge in [0.05, 0.1) is 12.6 Å². The fraction of sp³-hybridized carbons (Fsp3) is 0.286. The number of nitrogens with one attached hydrogen (secondary N) is 1. The van der Waals surface area contributed by atoms with Crippen molar-refractivity contribution in [3.05, 3.63) is 94.9 Å². The molecule has 0 bridgehead atoms. The second-order valence-electron chi connectivity index (χ2n) is 8.29. The van der Waals surface area contributed by atoms with Gasteiger partial charge in [0, 0.05) is 30.9 Å². The molecular weight excluding hydrogens is 428 g/mol. The first kappa shape index (κ1) is 22.0. The summed E-state index contributed by atoms with van der Waals surface area (Å²) in [6, 6.07) is 25.6. The molecular formula is C28H30N2O2S. The Morgan fingerprint density at radius 3 is 2.52 bits per heavy atom. The topological polar surface area (TPSA) is 33.7 Å². The Labute approximate surface area is 199 Å². The van der Waals surface area contributed by atoms with E-state index in [0.717, 1.165) is 43.2 Å². The second-order valence-corrected chi connectivity index (χ2v) is 9.20. The third kappa shape index (κ3) is 4.91. The normalized spacial score (nSPS) is 15.4. The summed E-state index contributed by atoms with van der Waals surface area (Å²) in [7, 11) is 0. The molecule has 0 spiro atoms. The summed E-state index contributed by atoms with van der Waals surface area (Å²) in [6.07, 6.45) is 0. The Balaban J connectivity index is 1.51. The van der Waals surface area contributed by atoms with Gasteiger partial charge in [-0.1, -0.05) is 54.6 Å². The maximum absolute atomic E-state index is 6.17. The summed E-state index contributed by atoms with van der Waals surface area (Å²) in [6.45, 7) is 7.20. The molecule has 5 rings (SSSR count). The molecule has 1 aliphatic heterocycles. The van der Waals surface area contributed by atoms with Crippen molar-refractivity contribution in [1.29, 1.82) is 0 Å². The largest absolute Gasteiger partial charge is 0.490 e. The van der Waals surface area contributed by atoms with Crippen LogP contribution in [0.2, 0.25) is 0 Å². The number of rotatable bonds is 8. The number of benzene rings is 3. The van der Waals surface area contributed by atoms with Crippen LogP contribution in [-0.2, 0) is 6.61 Å². The van der Waals surface area contributed by atoms with Crippen LogP contribution < -0.4 is 14.8 Å². The van der Waals surface area contributed by atoms with Crippen LogP contribution in [0.5, 0.6) is 11.5 Å². The molecule has 1 saturated heterocycles. The van der Waals surface area contributed by atoms with E-state index in [1.807, 2.05) is 36.5 Å². The van der Waals surface area contributed by atoms with Crippen molar-refractivity contribution >= 4 is 21.4 Å². The Morgan fingerprint density at radius 1 is 0.909 bits per heavy atom. The lowest BCUT2D eigenvalue weighted by Crippen LogP contribution is -2.45. The average Bonchev–Trinajstić information content (AvgIpc) is 3.29. The standard InChI is InChI=1S/C28H30N2O2S/c1-2-31-26-18-22(12-13-25(26)32-19-21-8-4-3-5-9-21)28(30-16-14-29-15-17-30)24-20-33-27-11-7-6-10-23(24)27/h3-13,18,20,28-29H,2,14-17,19H2,1H3. The summed E-state index contributed by atoms with van der Waals surface area (Å²) in [5.41, 5.74) is 3.77.